The molecular weight excluding hydrogens is 849 g/mol. The van der Waals surface area contributed by atoms with E-state index in [1.165, 1.54) is 76.5 Å². The summed E-state index contributed by atoms with van der Waals surface area (Å²) in [5, 5.41) is 12.0. The van der Waals surface area contributed by atoms with Crippen LogP contribution in [0.4, 0.5) is 34.1 Å². The van der Waals surface area contributed by atoms with Crippen LogP contribution in [0.25, 0.3) is 87.3 Å². The number of hydrogen-bond acceptors (Lipinski definition) is 3. The third-order valence-corrected chi connectivity index (χ3v) is 15.0. The summed E-state index contributed by atoms with van der Waals surface area (Å²) < 4.78 is 6.63. The molecule has 0 unspecified atom stereocenters. The minimum Gasteiger partial charge on any atom is -0.454 e. The summed E-state index contributed by atoms with van der Waals surface area (Å²) in [6, 6.07) is 88.7. The number of hydrogen-bond donors (Lipinski definition) is 0. The summed E-state index contributed by atoms with van der Waals surface area (Å²) in [4.78, 5) is 4.81. The van der Waals surface area contributed by atoms with Gasteiger partial charge in [-0.2, -0.15) is 0 Å². The smallest absolute Gasteiger partial charge is 0.159 e. The largest absolute Gasteiger partial charge is 0.454 e. The van der Waals surface area contributed by atoms with Crippen LogP contribution in [0.1, 0.15) is 25.0 Å². The second kappa shape index (κ2) is 15.6. The predicted molar refractivity (Wildman–Crippen MR) is 296 cm³/mol. The van der Waals surface area contributed by atoms with Gasteiger partial charge in [0, 0.05) is 44.5 Å². The van der Waals surface area contributed by atoms with Gasteiger partial charge in [0.25, 0.3) is 0 Å². The first-order chi connectivity index (χ1) is 34.5. The highest BCUT2D eigenvalue weighted by Crippen LogP contribution is 2.52. The van der Waals surface area contributed by atoms with E-state index in [2.05, 4.69) is 260 Å². The number of furan rings is 1. The minimum absolute atomic E-state index is 0.142. The summed E-state index contributed by atoms with van der Waals surface area (Å²) >= 11 is 0. The maximum Gasteiger partial charge on any atom is 0.159 e. The number of para-hydroxylation sites is 4. The summed E-state index contributed by atoms with van der Waals surface area (Å²) in [5.41, 5.74) is 15.9. The molecule has 1 aliphatic carbocycles. The fourth-order valence-electron chi connectivity index (χ4n) is 11.7. The van der Waals surface area contributed by atoms with Crippen molar-refractivity contribution in [3.8, 4) is 22.3 Å². The average Bonchev–Trinajstić information content (AvgIpc) is 3.91. The standard InChI is InChI=1S/C67H46N2O/c1-67(2)60-28-14-11-24-53(60)54-39-35-48(42-61(54)67)69(62-29-15-12-22-49(62)43-18-5-3-6-19-43)47-34-38-52-57-36-32-44-40-46(33-37-50(44)65(57)56-26-10-9-23-51(56)59(52)41-47)68(45-20-7-4-8-21-45)63-30-17-27-58-55-25-13-16-31-64(55)70-66(58)63/h3-42H,1-2H3. The summed E-state index contributed by atoms with van der Waals surface area (Å²) in [7, 11) is 0. The molecule has 0 radical (unpaired) electrons. The van der Waals surface area contributed by atoms with Crippen LogP contribution in [0.3, 0.4) is 0 Å². The van der Waals surface area contributed by atoms with E-state index in [1.807, 2.05) is 6.07 Å². The van der Waals surface area contributed by atoms with Crippen LogP contribution in [0, 0.1) is 0 Å². The van der Waals surface area contributed by atoms with Crippen LogP contribution < -0.4 is 9.80 Å². The Kier molecular flexibility index (Phi) is 8.93. The van der Waals surface area contributed by atoms with Crippen molar-refractivity contribution in [3.63, 3.8) is 0 Å². The van der Waals surface area contributed by atoms with Crippen molar-refractivity contribution in [2.45, 2.75) is 19.3 Å². The summed E-state index contributed by atoms with van der Waals surface area (Å²) in [6.45, 7) is 4.73. The molecule has 0 N–H and O–H groups in total. The van der Waals surface area contributed by atoms with Crippen LogP contribution in [0.2, 0.25) is 0 Å². The maximum atomic E-state index is 6.63. The van der Waals surface area contributed by atoms with Gasteiger partial charge in [0.2, 0.25) is 0 Å². The Morgan fingerprint density at radius 1 is 0.329 bits per heavy atom. The molecule has 1 aliphatic rings. The van der Waals surface area contributed by atoms with Crippen LogP contribution in [-0.4, -0.2) is 0 Å². The van der Waals surface area contributed by atoms with Gasteiger partial charge in [0.15, 0.2) is 5.58 Å². The quantitative estimate of drug-likeness (QED) is 0.149. The first-order valence-electron chi connectivity index (χ1n) is 24.2. The van der Waals surface area contributed by atoms with E-state index in [0.717, 1.165) is 56.1 Å². The van der Waals surface area contributed by atoms with Gasteiger partial charge >= 0.3 is 0 Å². The maximum absolute atomic E-state index is 6.63. The zero-order chi connectivity index (χ0) is 46.5. The molecule has 70 heavy (non-hydrogen) atoms. The lowest BCUT2D eigenvalue weighted by Crippen LogP contribution is -2.16. The summed E-state index contributed by atoms with van der Waals surface area (Å²) in [5.74, 6) is 0. The minimum atomic E-state index is -0.142. The Morgan fingerprint density at radius 3 is 1.73 bits per heavy atom. The molecule has 13 aromatic rings. The predicted octanol–water partition coefficient (Wildman–Crippen LogP) is 19.1. The Hall–Kier alpha value is -8.92. The van der Waals surface area contributed by atoms with Gasteiger partial charge in [0.1, 0.15) is 5.58 Å². The van der Waals surface area contributed by atoms with Crippen molar-refractivity contribution < 1.29 is 4.42 Å². The van der Waals surface area contributed by atoms with Gasteiger partial charge in [-0.3, -0.25) is 0 Å². The van der Waals surface area contributed by atoms with E-state index in [4.69, 9.17) is 4.42 Å². The number of rotatable bonds is 7. The van der Waals surface area contributed by atoms with Crippen molar-refractivity contribution in [3.05, 3.63) is 254 Å². The molecule has 0 spiro atoms. The molecule has 0 saturated heterocycles. The van der Waals surface area contributed by atoms with E-state index < -0.39 is 0 Å². The van der Waals surface area contributed by atoms with Gasteiger partial charge < -0.3 is 14.2 Å². The second-order valence-electron chi connectivity index (χ2n) is 19.2. The highest BCUT2D eigenvalue weighted by Gasteiger charge is 2.36. The lowest BCUT2D eigenvalue weighted by molar-refractivity contribution is 0.660. The van der Waals surface area contributed by atoms with Gasteiger partial charge in [-0.05, 0) is 138 Å². The van der Waals surface area contributed by atoms with Gasteiger partial charge in [0.05, 0.1) is 11.4 Å². The Balaban J connectivity index is 0.960. The molecule has 0 fully saturated rings. The first-order valence-corrected chi connectivity index (χ1v) is 24.2. The fraction of sp³-hybridized carbons (Fsp3) is 0.0448. The molecule has 12 aromatic carbocycles. The topological polar surface area (TPSA) is 19.6 Å². The molecule has 14 rings (SSSR count). The Morgan fingerprint density at radius 2 is 0.886 bits per heavy atom. The molecule has 3 nitrogen and oxygen atoms in total. The lowest BCUT2D eigenvalue weighted by atomic mass is 9.82. The lowest BCUT2D eigenvalue weighted by Gasteiger charge is -2.30. The Bertz CT molecular complexity index is 4200. The second-order valence-corrected chi connectivity index (χ2v) is 19.2. The average molecular weight is 895 g/mol. The van der Waals surface area contributed by atoms with E-state index >= 15 is 0 Å². The van der Waals surface area contributed by atoms with E-state index in [1.54, 1.807) is 0 Å². The molecular formula is C67H46N2O. The normalized spacial score (nSPS) is 12.8. The van der Waals surface area contributed by atoms with Gasteiger partial charge in [-0.1, -0.05) is 190 Å². The van der Waals surface area contributed by atoms with E-state index in [0.29, 0.717) is 0 Å². The number of anilines is 6. The molecule has 0 atom stereocenters. The number of benzene rings is 12. The van der Waals surface area contributed by atoms with E-state index in [-0.39, 0.29) is 5.41 Å². The molecule has 0 amide bonds. The van der Waals surface area contributed by atoms with Crippen molar-refractivity contribution >= 4 is 99.2 Å². The van der Waals surface area contributed by atoms with Crippen LogP contribution >= 0.6 is 0 Å². The molecule has 0 saturated carbocycles. The fourth-order valence-corrected chi connectivity index (χ4v) is 11.7. The monoisotopic (exact) mass is 894 g/mol. The van der Waals surface area contributed by atoms with Crippen molar-refractivity contribution in [2.24, 2.45) is 0 Å². The molecule has 3 heteroatoms. The van der Waals surface area contributed by atoms with Gasteiger partial charge in [-0.25, -0.2) is 0 Å². The van der Waals surface area contributed by atoms with Gasteiger partial charge in [-0.15, -0.1) is 0 Å². The molecule has 330 valence electrons. The van der Waals surface area contributed by atoms with Crippen LogP contribution in [0.15, 0.2) is 247 Å². The van der Waals surface area contributed by atoms with Crippen molar-refractivity contribution in [1.82, 2.24) is 0 Å². The molecule has 0 aliphatic heterocycles. The Labute approximate surface area is 406 Å². The highest BCUT2D eigenvalue weighted by molar-refractivity contribution is 6.32. The molecule has 0 bridgehead atoms. The van der Waals surface area contributed by atoms with Crippen LogP contribution in [-0.2, 0) is 5.41 Å². The first kappa shape index (κ1) is 40.2. The SMILES string of the molecule is CC1(C)c2ccccc2-c2ccc(N(c3ccc4c(c3)c3ccccc3c3c5ccc(N(c6ccccc6)c6cccc7c6oc6ccccc67)cc5ccc43)c3ccccc3-c3ccccc3)cc21. The highest BCUT2D eigenvalue weighted by atomic mass is 16.3. The summed E-state index contributed by atoms with van der Waals surface area (Å²) in [6.07, 6.45) is 0. The third kappa shape index (κ3) is 6.08. The van der Waals surface area contributed by atoms with Crippen molar-refractivity contribution in [2.75, 3.05) is 9.80 Å². The van der Waals surface area contributed by atoms with Crippen molar-refractivity contribution in [1.29, 1.82) is 0 Å². The molecule has 1 heterocycles. The zero-order valence-electron chi connectivity index (χ0n) is 38.9. The van der Waals surface area contributed by atoms with Crippen LogP contribution in [0.5, 0.6) is 0 Å². The number of nitrogens with zero attached hydrogens (tertiary/aromatic N) is 2. The van der Waals surface area contributed by atoms with E-state index in [9.17, 15) is 0 Å². The molecule has 1 aromatic heterocycles. The third-order valence-electron chi connectivity index (χ3n) is 15.0. The zero-order valence-corrected chi connectivity index (χ0v) is 38.9. The number of fused-ring (bicyclic) bond motifs is 14.